The molecule has 0 radical (unpaired) electrons. The number of rotatable bonds is 2. The molecule has 0 amide bonds. The molecule has 2 aliphatic rings. The smallest absolute Gasteiger partial charge is 0.456 e. The van der Waals surface area contributed by atoms with E-state index in [9.17, 15) is 0 Å². The Hall–Kier alpha value is -3.54. The summed E-state index contributed by atoms with van der Waals surface area (Å²) in [5, 5.41) is 2.18. The monoisotopic (exact) mass is 501 g/mol. The Bertz CT molecular complexity index is 1670. The molecule has 1 aromatic heterocycles. The summed E-state index contributed by atoms with van der Waals surface area (Å²) >= 11 is 0. The third kappa shape index (κ3) is 3.25. The van der Waals surface area contributed by atoms with Gasteiger partial charge in [0.15, 0.2) is 0 Å². The van der Waals surface area contributed by atoms with Crippen LogP contribution in [0.4, 0.5) is 17.1 Å². The Labute approximate surface area is 224 Å². The third-order valence-electron chi connectivity index (χ3n) is 8.90. The van der Waals surface area contributed by atoms with Gasteiger partial charge in [0.25, 0.3) is 0 Å². The highest BCUT2D eigenvalue weighted by Gasteiger charge is 2.51. The number of para-hydroxylation sites is 2. The van der Waals surface area contributed by atoms with E-state index in [1.807, 2.05) is 0 Å². The number of nitrogens with zero attached hydrogens (tertiary/aromatic N) is 1. The van der Waals surface area contributed by atoms with E-state index in [2.05, 4.69) is 131 Å². The van der Waals surface area contributed by atoms with Crippen molar-refractivity contribution in [3.8, 4) is 0 Å². The van der Waals surface area contributed by atoms with Gasteiger partial charge in [-0.3, -0.25) is 0 Å². The molecule has 0 N–H and O–H groups in total. The maximum atomic E-state index is 6.34. The van der Waals surface area contributed by atoms with E-state index < -0.39 is 7.12 Å². The fourth-order valence-corrected chi connectivity index (χ4v) is 5.99. The number of fused-ring (bicyclic) bond motifs is 5. The quantitative estimate of drug-likeness (QED) is 0.230. The van der Waals surface area contributed by atoms with Crippen LogP contribution in [0.5, 0.6) is 0 Å². The first-order valence-corrected chi connectivity index (χ1v) is 13.4. The molecule has 38 heavy (non-hydrogen) atoms. The predicted molar refractivity (Wildman–Crippen MR) is 156 cm³/mol. The van der Waals surface area contributed by atoms with Crippen molar-refractivity contribution in [1.29, 1.82) is 0 Å². The first-order valence-electron chi connectivity index (χ1n) is 13.4. The molecular weight excluding hydrogens is 469 g/mol. The molecule has 0 spiro atoms. The Kier molecular flexibility index (Phi) is 4.81. The van der Waals surface area contributed by atoms with Gasteiger partial charge in [-0.2, -0.15) is 0 Å². The zero-order valence-corrected chi connectivity index (χ0v) is 22.8. The van der Waals surface area contributed by atoms with E-state index >= 15 is 0 Å². The second-order valence-electron chi connectivity index (χ2n) is 12.1. The average Bonchev–Trinajstić information content (AvgIpc) is 3.36. The highest BCUT2D eigenvalue weighted by atomic mass is 16.7. The summed E-state index contributed by atoms with van der Waals surface area (Å²) in [6, 6.07) is 30.3. The average molecular weight is 501 g/mol. The van der Waals surface area contributed by atoms with Gasteiger partial charge in [0.2, 0.25) is 0 Å². The van der Waals surface area contributed by atoms with Crippen molar-refractivity contribution >= 4 is 51.6 Å². The molecule has 3 heterocycles. The Morgan fingerprint density at radius 3 is 1.84 bits per heavy atom. The minimum atomic E-state index is -0.419. The summed E-state index contributed by atoms with van der Waals surface area (Å²) in [6.07, 6.45) is 0. The summed E-state index contributed by atoms with van der Waals surface area (Å²) in [6.45, 7) is 12.9. The lowest BCUT2D eigenvalue weighted by Gasteiger charge is -2.42. The van der Waals surface area contributed by atoms with Crippen LogP contribution in [-0.2, 0) is 14.7 Å². The van der Waals surface area contributed by atoms with Crippen LogP contribution in [0.3, 0.4) is 0 Å². The number of furan rings is 1. The second kappa shape index (κ2) is 7.75. The fourth-order valence-electron chi connectivity index (χ4n) is 5.99. The highest BCUT2D eigenvalue weighted by Crippen LogP contribution is 2.52. The Balaban J connectivity index is 1.35. The summed E-state index contributed by atoms with van der Waals surface area (Å²) in [7, 11) is -0.419. The molecule has 7 rings (SSSR count). The molecule has 0 atom stereocenters. The van der Waals surface area contributed by atoms with E-state index in [-0.39, 0.29) is 16.6 Å². The van der Waals surface area contributed by atoms with E-state index in [0.29, 0.717) is 0 Å². The van der Waals surface area contributed by atoms with Crippen LogP contribution in [-0.4, -0.2) is 18.3 Å². The molecule has 0 bridgehead atoms. The van der Waals surface area contributed by atoms with Gasteiger partial charge in [-0.05, 0) is 80.7 Å². The van der Waals surface area contributed by atoms with Crippen LogP contribution in [0.2, 0.25) is 0 Å². The van der Waals surface area contributed by atoms with Crippen molar-refractivity contribution in [2.45, 2.75) is 58.2 Å². The van der Waals surface area contributed by atoms with Gasteiger partial charge in [0.05, 0.1) is 22.6 Å². The number of hydrogen-bond acceptors (Lipinski definition) is 4. The van der Waals surface area contributed by atoms with Gasteiger partial charge in [-0.1, -0.05) is 62.4 Å². The van der Waals surface area contributed by atoms with Crippen LogP contribution < -0.4 is 10.4 Å². The van der Waals surface area contributed by atoms with Crippen molar-refractivity contribution in [3.05, 3.63) is 96.1 Å². The fraction of sp³-hybridized carbons (Fsp3) is 0.273. The summed E-state index contributed by atoms with van der Waals surface area (Å²) in [5.41, 5.74) is 8.01. The molecule has 4 aromatic carbocycles. The van der Waals surface area contributed by atoms with Gasteiger partial charge in [-0.15, -0.1) is 0 Å². The third-order valence-corrected chi connectivity index (χ3v) is 8.90. The molecule has 0 aliphatic carbocycles. The van der Waals surface area contributed by atoms with Gasteiger partial charge >= 0.3 is 7.12 Å². The standard InChI is InChI=1S/C33H32BNO3/c1-31(2)25-11-7-9-13-27(25)35(28-14-10-8-12-26(28)31)22-16-18-29-24(20-22)23-17-15-21(19-30(23)36-29)34-37-32(3,4)33(5,6)38-34/h7-20H,1-6H3. The van der Waals surface area contributed by atoms with Gasteiger partial charge in [0, 0.05) is 21.9 Å². The molecule has 0 unspecified atom stereocenters. The molecule has 190 valence electrons. The maximum Gasteiger partial charge on any atom is 0.494 e. The van der Waals surface area contributed by atoms with Crippen LogP contribution in [0.15, 0.2) is 89.3 Å². The molecule has 4 nitrogen and oxygen atoms in total. The van der Waals surface area contributed by atoms with Crippen molar-refractivity contribution in [2.75, 3.05) is 4.90 Å². The van der Waals surface area contributed by atoms with E-state index in [1.165, 1.54) is 22.5 Å². The molecular formula is C33H32BNO3. The van der Waals surface area contributed by atoms with Crippen molar-refractivity contribution < 1.29 is 13.7 Å². The Morgan fingerprint density at radius 2 is 1.21 bits per heavy atom. The van der Waals surface area contributed by atoms with Crippen molar-refractivity contribution in [1.82, 2.24) is 0 Å². The van der Waals surface area contributed by atoms with Crippen LogP contribution in [0.1, 0.15) is 52.7 Å². The van der Waals surface area contributed by atoms with Crippen LogP contribution in [0, 0.1) is 0 Å². The number of hydrogen-bond donors (Lipinski definition) is 0. The van der Waals surface area contributed by atoms with Crippen LogP contribution >= 0.6 is 0 Å². The molecule has 1 saturated heterocycles. The van der Waals surface area contributed by atoms with Crippen molar-refractivity contribution in [2.24, 2.45) is 0 Å². The van der Waals surface area contributed by atoms with Gasteiger partial charge < -0.3 is 18.6 Å². The molecule has 5 aromatic rings. The minimum absolute atomic E-state index is 0.0833. The lowest BCUT2D eigenvalue weighted by molar-refractivity contribution is 0.00578. The molecule has 5 heteroatoms. The molecule has 2 aliphatic heterocycles. The van der Waals surface area contributed by atoms with E-state index in [4.69, 9.17) is 13.7 Å². The van der Waals surface area contributed by atoms with Gasteiger partial charge in [-0.25, -0.2) is 0 Å². The largest absolute Gasteiger partial charge is 0.494 e. The second-order valence-corrected chi connectivity index (χ2v) is 12.1. The Morgan fingerprint density at radius 1 is 0.605 bits per heavy atom. The topological polar surface area (TPSA) is 34.8 Å². The SMILES string of the molecule is CC1(C)c2ccccc2N(c2ccc3oc4cc(B5OC(C)(C)C(C)(C)O5)ccc4c3c2)c2ccccc21. The van der Waals surface area contributed by atoms with E-state index in [1.54, 1.807) is 0 Å². The summed E-state index contributed by atoms with van der Waals surface area (Å²) in [5.74, 6) is 0. The van der Waals surface area contributed by atoms with Gasteiger partial charge in [0.1, 0.15) is 11.2 Å². The number of anilines is 3. The zero-order chi connectivity index (χ0) is 26.4. The normalized spacial score (nSPS) is 19.1. The van der Waals surface area contributed by atoms with Crippen molar-refractivity contribution in [3.63, 3.8) is 0 Å². The highest BCUT2D eigenvalue weighted by molar-refractivity contribution is 6.62. The first kappa shape index (κ1) is 23.6. The zero-order valence-electron chi connectivity index (χ0n) is 22.8. The lowest BCUT2D eigenvalue weighted by Crippen LogP contribution is -2.41. The summed E-state index contributed by atoms with van der Waals surface area (Å²) in [4.78, 5) is 2.38. The minimum Gasteiger partial charge on any atom is -0.456 e. The van der Waals surface area contributed by atoms with E-state index in [0.717, 1.165) is 33.1 Å². The predicted octanol–water partition coefficient (Wildman–Crippen LogP) is 7.99. The maximum absolute atomic E-state index is 6.34. The van der Waals surface area contributed by atoms with Crippen LogP contribution in [0.25, 0.3) is 21.9 Å². The number of benzene rings is 4. The first-order chi connectivity index (χ1) is 18.1. The molecule has 0 saturated carbocycles. The lowest BCUT2D eigenvalue weighted by atomic mass is 9.73. The summed E-state index contributed by atoms with van der Waals surface area (Å²) < 4.78 is 18.9. The molecule has 1 fully saturated rings.